The van der Waals surface area contributed by atoms with Crippen LogP contribution in [-0.4, -0.2) is 47.4 Å². The van der Waals surface area contributed by atoms with E-state index in [4.69, 9.17) is 4.74 Å². The van der Waals surface area contributed by atoms with Gasteiger partial charge in [0, 0.05) is 27.9 Å². The van der Waals surface area contributed by atoms with E-state index in [0.717, 1.165) is 59.0 Å². The van der Waals surface area contributed by atoms with Gasteiger partial charge in [-0.15, -0.1) is 0 Å². The zero-order chi connectivity index (χ0) is 21.6. The zero-order valence-corrected chi connectivity index (χ0v) is 19.5. The average molecular weight is 502 g/mol. The molecule has 31 heavy (non-hydrogen) atoms. The molecule has 0 aliphatic carbocycles. The van der Waals surface area contributed by atoms with E-state index >= 15 is 0 Å². The Morgan fingerprint density at radius 2 is 1.94 bits per heavy atom. The molecule has 0 saturated carbocycles. The van der Waals surface area contributed by atoms with Crippen molar-refractivity contribution in [2.45, 2.75) is 19.3 Å². The van der Waals surface area contributed by atoms with Crippen LogP contribution in [-0.2, 0) is 4.74 Å². The molecule has 2 heterocycles. The fourth-order valence-electron chi connectivity index (χ4n) is 3.87. The molecule has 0 radical (unpaired) electrons. The highest BCUT2D eigenvalue weighted by Gasteiger charge is 2.25. The molecule has 1 fully saturated rings. The van der Waals surface area contributed by atoms with Crippen molar-refractivity contribution < 1.29 is 14.3 Å². The summed E-state index contributed by atoms with van der Waals surface area (Å²) in [5.74, 6) is 0.330. The Hall–Kier alpha value is -2.29. The van der Waals surface area contributed by atoms with Crippen LogP contribution < -0.4 is 5.32 Å². The number of rotatable bonds is 7. The third-order valence-electron chi connectivity index (χ3n) is 5.57. The second-order valence-corrected chi connectivity index (χ2v) is 9.39. The summed E-state index contributed by atoms with van der Waals surface area (Å²) in [6.45, 7) is 3.01. The van der Waals surface area contributed by atoms with Crippen LogP contribution in [0.25, 0.3) is 10.1 Å². The fraction of sp³-hybridized carbons (Fsp3) is 0.348. The molecular weight excluding hydrogens is 478 g/mol. The lowest BCUT2D eigenvalue weighted by Crippen LogP contribution is -2.37. The lowest BCUT2D eigenvalue weighted by atomic mass is 9.89. The normalized spacial score (nSPS) is 15.1. The van der Waals surface area contributed by atoms with Gasteiger partial charge in [-0.05, 0) is 68.1 Å². The minimum Gasteiger partial charge on any atom is -0.449 e. The van der Waals surface area contributed by atoms with Gasteiger partial charge in [-0.1, -0.05) is 34.1 Å². The maximum absolute atomic E-state index is 12.7. The van der Waals surface area contributed by atoms with Crippen molar-refractivity contribution in [3.63, 3.8) is 0 Å². The molecule has 1 amide bonds. The lowest BCUT2D eigenvalue weighted by molar-refractivity contribution is 0.0830. The number of nitrogens with one attached hydrogen (secondary N) is 1. The van der Waals surface area contributed by atoms with Gasteiger partial charge < -0.3 is 9.64 Å². The maximum atomic E-state index is 12.7. The summed E-state index contributed by atoms with van der Waals surface area (Å²) in [4.78, 5) is 27.1. The van der Waals surface area contributed by atoms with E-state index in [1.807, 2.05) is 42.5 Å². The van der Waals surface area contributed by atoms with E-state index in [1.54, 1.807) is 6.20 Å². The quantitative estimate of drug-likeness (QED) is 0.337. The first kappa shape index (κ1) is 21.9. The number of piperidine rings is 1. The molecule has 2 aromatic carbocycles. The van der Waals surface area contributed by atoms with Gasteiger partial charge in [0.1, 0.15) is 0 Å². The Labute approximate surface area is 193 Å². The van der Waals surface area contributed by atoms with E-state index in [0.29, 0.717) is 12.3 Å². The minimum atomic E-state index is -0.447. The Morgan fingerprint density at radius 3 is 2.71 bits per heavy atom. The van der Waals surface area contributed by atoms with Crippen LogP contribution in [0.15, 0.2) is 53.1 Å². The summed E-state index contributed by atoms with van der Waals surface area (Å²) in [6.07, 6.45) is 3.81. The number of carbonyl (C=O) groups is 2. The summed E-state index contributed by atoms with van der Waals surface area (Å²) in [6, 6.07) is 13.3. The van der Waals surface area contributed by atoms with Gasteiger partial charge in [-0.2, -0.15) is 4.37 Å². The molecule has 1 saturated heterocycles. The number of benzene rings is 2. The number of ketones is 1. The van der Waals surface area contributed by atoms with Crippen LogP contribution in [0.3, 0.4) is 0 Å². The molecule has 0 spiro atoms. The predicted molar refractivity (Wildman–Crippen MR) is 127 cm³/mol. The SMILES string of the molecule is O=C(Nc1cccc2sncc12)OCCCN1CCC(C(=O)c2ccc(Br)cc2)CC1. The van der Waals surface area contributed by atoms with Crippen molar-refractivity contribution in [3.8, 4) is 0 Å². The van der Waals surface area contributed by atoms with Crippen LogP contribution in [0.5, 0.6) is 0 Å². The van der Waals surface area contributed by atoms with Crippen LogP contribution in [0.4, 0.5) is 10.5 Å². The van der Waals surface area contributed by atoms with Crippen molar-refractivity contribution in [1.29, 1.82) is 0 Å². The summed E-state index contributed by atoms with van der Waals surface area (Å²) in [5.41, 5.74) is 1.50. The number of amides is 1. The first-order chi connectivity index (χ1) is 15.1. The number of ether oxygens (including phenoxy) is 1. The molecule has 0 unspecified atom stereocenters. The highest BCUT2D eigenvalue weighted by molar-refractivity contribution is 9.10. The van der Waals surface area contributed by atoms with Gasteiger partial charge in [-0.3, -0.25) is 10.1 Å². The second-order valence-electron chi connectivity index (χ2n) is 7.64. The van der Waals surface area contributed by atoms with E-state index in [1.165, 1.54) is 11.5 Å². The summed E-state index contributed by atoms with van der Waals surface area (Å²) in [5, 5.41) is 3.72. The standard InChI is InChI=1S/C23H24BrN3O3S/c24-18-7-5-16(6-8-18)22(28)17-9-12-27(13-10-17)11-2-14-30-23(29)26-20-3-1-4-21-19(20)15-25-31-21/h1,3-8,15,17H,2,9-14H2,(H,26,29). The Kier molecular flexibility index (Phi) is 7.32. The topological polar surface area (TPSA) is 71.5 Å². The average Bonchev–Trinajstić information content (AvgIpc) is 3.27. The number of fused-ring (bicyclic) bond motifs is 1. The number of nitrogens with zero attached hydrogens (tertiary/aromatic N) is 2. The molecule has 0 atom stereocenters. The minimum absolute atomic E-state index is 0.0914. The second kappa shape index (κ2) is 10.3. The molecular formula is C23H24BrN3O3S. The van der Waals surface area contributed by atoms with Crippen LogP contribution in [0, 0.1) is 5.92 Å². The number of halogens is 1. The van der Waals surface area contributed by atoms with Crippen molar-refractivity contribution in [1.82, 2.24) is 9.27 Å². The van der Waals surface area contributed by atoms with Crippen LogP contribution in [0.1, 0.15) is 29.6 Å². The van der Waals surface area contributed by atoms with Crippen molar-refractivity contribution in [3.05, 3.63) is 58.7 Å². The third-order valence-corrected chi connectivity index (χ3v) is 6.87. The Bertz CT molecular complexity index is 1050. The smallest absolute Gasteiger partial charge is 0.411 e. The molecule has 1 aliphatic heterocycles. The van der Waals surface area contributed by atoms with Crippen molar-refractivity contribution in [2.24, 2.45) is 5.92 Å². The maximum Gasteiger partial charge on any atom is 0.411 e. The third kappa shape index (κ3) is 5.70. The largest absolute Gasteiger partial charge is 0.449 e. The lowest BCUT2D eigenvalue weighted by Gasteiger charge is -2.31. The number of likely N-dealkylation sites (tertiary alicyclic amines) is 1. The van der Waals surface area contributed by atoms with Gasteiger partial charge in [0.15, 0.2) is 5.78 Å². The molecule has 1 N–H and O–H groups in total. The number of carbonyl (C=O) groups excluding carboxylic acids is 2. The summed E-state index contributed by atoms with van der Waals surface area (Å²) < 4.78 is 11.5. The molecule has 6 nitrogen and oxygen atoms in total. The van der Waals surface area contributed by atoms with E-state index in [2.05, 4.69) is 30.5 Å². The molecule has 0 bridgehead atoms. The number of hydrogen-bond acceptors (Lipinski definition) is 6. The van der Waals surface area contributed by atoms with Gasteiger partial charge in [0.2, 0.25) is 0 Å². The summed E-state index contributed by atoms with van der Waals surface area (Å²) >= 11 is 4.80. The number of anilines is 1. The number of aromatic nitrogens is 1. The first-order valence-electron chi connectivity index (χ1n) is 10.4. The van der Waals surface area contributed by atoms with Gasteiger partial charge >= 0.3 is 6.09 Å². The first-order valence-corrected chi connectivity index (χ1v) is 12.0. The van der Waals surface area contributed by atoms with Crippen molar-refractivity contribution in [2.75, 3.05) is 31.6 Å². The molecule has 1 aromatic heterocycles. The fourth-order valence-corrected chi connectivity index (χ4v) is 4.81. The van der Waals surface area contributed by atoms with E-state index in [-0.39, 0.29) is 11.7 Å². The van der Waals surface area contributed by atoms with Crippen LogP contribution >= 0.6 is 27.5 Å². The molecule has 1 aliphatic rings. The van der Waals surface area contributed by atoms with E-state index in [9.17, 15) is 9.59 Å². The zero-order valence-electron chi connectivity index (χ0n) is 17.1. The van der Waals surface area contributed by atoms with Gasteiger partial charge in [0.25, 0.3) is 0 Å². The Morgan fingerprint density at radius 1 is 1.16 bits per heavy atom. The Balaban J connectivity index is 1.15. The van der Waals surface area contributed by atoms with Crippen LogP contribution in [0.2, 0.25) is 0 Å². The van der Waals surface area contributed by atoms with Gasteiger partial charge in [-0.25, -0.2) is 4.79 Å². The number of Topliss-reactive ketones (excluding diaryl/α,β-unsaturated/α-hetero) is 1. The highest BCUT2D eigenvalue weighted by Crippen LogP contribution is 2.26. The molecule has 8 heteroatoms. The molecule has 3 aromatic rings. The van der Waals surface area contributed by atoms with Gasteiger partial charge in [0.05, 0.1) is 23.2 Å². The number of hydrogen-bond donors (Lipinski definition) is 1. The molecule has 162 valence electrons. The monoisotopic (exact) mass is 501 g/mol. The molecule has 4 rings (SSSR count). The summed E-state index contributed by atoms with van der Waals surface area (Å²) in [7, 11) is 0. The van der Waals surface area contributed by atoms with E-state index < -0.39 is 6.09 Å². The predicted octanol–water partition coefficient (Wildman–Crippen LogP) is 5.59. The highest BCUT2D eigenvalue weighted by atomic mass is 79.9. The van der Waals surface area contributed by atoms with Crippen molar-refractivity contribution >= 4 is 55.1 Å².